The fourth-order valence-electron chi connectivity index (χ4n) is 3.35. The standard InChI is InChI=1S/C25H24FN3O3/c1-3-30-18-14-15-22(31-4-2)21(16-18)27-23(19-12-8-9-13-20(19)26)25-29-28-24(32-25)17-10-6-5-7-11-17/h5-16,23,27H,3-4H2,1-2H3/t23-/m0/s1. The molecule has 0 bridgehead atoms. The third kappa shape index (κ3) is 4.72. The van der Waals surface area contributed by atoms with Gasteiger partial charge in [0.15, 0.2) is 0 Å². The molecule has 0 aliphatic rings. The number of benzene rings is 3. The van der Waals surface area contributed by atoms with E-state index in [2.05, 4.69) is 15.5 Å². The molecule has 1 aromatic heterocycles. The van der Waals surface area contributed by atoms with Crippen molar-refractivity contribution >= 4 is 5.69 Å². The topological polar surface area (TPSA) is 69.4 Å². The van der Waals surface area contributed by atoms with Crippen LogP contribution >= 0.6 is 0 Å². The minimum atomic E-state index is -0.739. The summed E-state index contributed by atoms with van der Waals surface area (Å²) in [6.07, 6.45) is 0. The maximum Gasteiger partial charge on any atom is 0.247 e. The molecule has 3 aromatic carbocycles. The summed E-state index contributed by atoms with van der Waals surface area (Å²) in [7, 11) is 0. The Labute approximate surface area is 186 Å². The monoisotopic (exact) mass is 433 g/mol. The first kappa shape index (κ1) is 21.4. The van der Waals surface area contributed by atoms with Gasteiger partial charge in [-0.3, -0.25) is 0 Å². The van der Waals surface area contributed by atoms with Gasteiger partial charge in [-0.2, -0.15) is 0 Å². The SMILES string of the molecule is CCOc1ccc(OCC)c(N[C@H](c2nnc(-c3ccccc3)o2)c2ccccc2F)c1. The van der Waals surface area contributed by atoms with Crippen molar-refractivity contribution in [2.24, 2.45) is 0 Å². The molecule has 1 heterocycles. The number of nitrogens with one attached hydrogen (secondary N) is 1. The number of halogens is 1. The largest absolute Gasteiger partial charge is 0.494 e. The van der Waals surface area contributed by atoms with Crippen LogP contribution in [0.25, 0.3) is 11.5 Å². The minimum absolute atomic E-state index is 0.234. The van der Waals surface area contributed by atoms with E-state index in [1.807, 2.05) is 62.4 Å². The van der Waals surface area contributed by atoms with E-state index in [0.29, 0.717) is 41.9 Å². The number of nitrogens with zero attached hydrogens (tertiary/aromatic N) is 2. The molecule has 4 aromatic rings. The van der Waals surface area contributed by atoms with E-state index in [9.17, 15) is 4.39 Å². The van der Waals surface area contributed by atoms with Gasteiger partial charge in [-0.05, 0) is 44.2 Å². The molecule has 0 fully saturated rings. The number of rotatable bonds is 9. The van der Waals surface area contributed by atoms with Crippen LogP contribution in [0.3, 0.4) is 0 Å². The van der Waals surface area contributed by atoms with E-state index < -0.39 is 6.04 Å². The first-order chi connectivity index (χ1) is 15.7. The third-order valence-corrected chi connectivity index (χ3v) is 4.79. The normalized spacial score (nSPS) is 11.7. The Kier molecular flexibility index (Phi) is 6.65. The first-order valence-corrected chi connectivity index (χ1v) is 10.5. The Morgan fingerprint density at radius 1 is 0.906 bits per heavy atom. The van der Waals surface area contributed by atoms with Gasteiger partial charge < -0.3 is 19.2 Å². The van der Waals surface area contributed by atoms with Gasteiger partial charge in [0.1, 0.15) is 23.4 Å². The molecule has 0 spiro atoms. The van der Waals surface area contributed by atoms with E-state index in [4.69, 9.17) is 13.9 Å². The maximum atomic E-state index is 14.8. The summed E-state index contributed by atoms with van der Waals surface area (Å²) >= 11 is 0. The average molecular weight is 433 g/mol. The quantitative estimate of drug-likeness (QED) is 0.356. The molecule has 0 saturated heterocycles. The molecule has 1 N–H and O–H groups in total. The summed E-state index contributed by atoms with van der Waals surface area (Å²) in [6.45, 7) is 4.81. The number of hydrogen-bond donors (Lipinski definition) is 1. The molecule has 164 valence electrons. The van der Waals surface area contributed by atoms with Crippen LogP contribution in [0.4, 0.5) is 10.1 Å². The van der Waals surface area contributed by atoms with E-state index in [0.717, 1.165) is 5.56 Å². The highest BCUT2D eigenvalue weighted by Crippen LogP contribution is 2.35. The molecule has 7 heteroatoms. The molecule has 0 unspecified atom stereocenters. The Morgan fingerprint density at radius 2 is 1.66 bits per heavy atom. The second kappa shape index (κ2) is 9.96. The van der Waals surface area contributed by atoms with E-state index in [1.165, 1.54) is 6.07 Å². The number of anilines is 1. The lowest BCUT2D eigenvalue weighted by molar-refractivity contribution is 0.331. The predicted octanol–water partition coefficient (Wildman–Crippen LogP) is 5.87. The highest BCUT2D eigenvalue weighted by Gasteiger charge is 2.25. The van der Waals surface area contributed by atoms with Crippen LogP contribution in [0.2, 0.25) is 0 Å². The summed E-state index contributed by atoms with van der Waals surface area (Å²) < 4.78 is 32.2. The Hall–Kier alpha value is -3.87. The number of ether oxygens (including phenoxy) is 2. The lowest BCUT2D eigenvalue weighted by atomic mass is 10.1. The van der Waals surface area contributed by atoms with Gasteiger partial charge in [-0.25, -0.2) is 4.39 Å². The van der Waals surface area contributed by atoms with Crippen LogP contribution in [0.5, 0.6) is 11.5 Å². The molecular weight excluding hydrogens is 409 g/mol. The van der Waals surface area contributed by atoms with Crippen LogP contribution in [0.15, 0.2) is 77.2 Å². The molecule has 0 radical (unpaired) electrons. The van der Waals surface area contributed by atoms with E-state index in [1.54, 1.807) is 18.2 Å². The van der Waals surface area contributed by atoms with Crippen molar-refractivity contribution in [3.8, 4) is 23.0 Å². The molecule has 0 aliphatic carbocycles. The Morgan fingerprint density at radius 3 is 2.41 bits per heavy atom. The predicted molar refractivity (Wildman–Crippen MR) is 120 cm³/mol. The molecule has 0 amide bonds. The zero-order valence-electron chi connectivity index (χ0n) is 17.9. The fraction of sp³-hybridized carbons (Fsp3) is 0.200. The summed E-state index contributed by atoms with van der Waals surface area (Å²) in [6, 6.07) is 20.7. The van der Waals surface area contributed by atoms with Crippen LogP contribution < -0.4 is 14.8 Å². The fourth-order valence-corrected chi connectivity index (χ4v) is 3.35. The van der Waals surface area contributed by atoms with Crippen molar-refractivity contribution in [2.75, 3.05) is 18.5 Å². The smallest absolute Gasteiger partial charge is 0.247 e. The molecule has 32 heavy (non-hydrogen) atoms. The zero-order valence-corrected chi connectivity index (χ0v) is 17.9. The van der Waals surface area contributed by atoms with Crippen LogP contribution in [-0.4, -0.2) is 23.4 Å². The van der Waals surface area contributed by atoms with Crippen molar-refractivity contribution in [1.82, 2.24) is 10.2 Å². The first-order valence-electron chi connectivity index (χ1n) is 10.5. The van der Waals surface area contributed by atoms with Crippen LogP contribution in [-0.2, 0) is 0 Å². The molecular formula is C25H24FN3O3. The summed E-state index contributed by atoms with van der Waals surface area (Å²) in [4.78, 5) is 0. The summed E-state index contributed by atoms with van der Waals surface area (Å²) in [5, 5.41) is 11.7. The number of hydrogen-bond acceptors (Lipinski definition) is 6. The van der Waals surface area contributed by atoms with Crippen LogP contribution in [0, 0.1) is 5.82 Å². The Balaban J connectivity index is 1.76. The van der Waals surface area contributed by atoms with E-state index >= 15 is 0 Å². The van der Waals surface area contributed by atoms with Gasteiger partial charge in [-0.1, -0.05) is 36.4 Å². The van der Waals surface area contributed by atoms with Crippen molar-refractivity contribution in [3.05, 3.63) is 90.1 Å². The van der Waals surface area contributed by atoms with Gasteiger partial charge in [0.2, 0.25) is 11.8 Å². The van der Waals surface area contributed by atoms with Crippen molar-refractivity contribution in [3.63, 3.8) is 0 Å². The van der Waals surface area contributed by atoms with Gasteiger partial charge in [0.05, 0.1) is 18.9 Å². The van der Waals surface area contributed by atoms with Crippen LogP contribution in [0.1, 0.15) is 31.3 Å². The van der Waals surface area contributed by atoms with Crippen molar-refractivity contribution in [2.45, 2.75) is 19.9 Å². The van der Waals surface area contributed by atoms with Gasteiger partial charge in [0.25, 0.3) is 0 Å². The van der Waals surface area contributed by atoms with Gasteiger partial charge in [-0.15, -0.1) is 10.2 Å². The summed E-state index contributed by atoms with van der Waals surface area (Å²) in [5.41, 5.74) is 1.79. The minimum Gasteiger partial charge on any atom is -0.494 e. The molecule has 0 saturated carbocycles. The Bertz CT molecular complexity index is 1160. The lowest BCUT2D eigenvalue weighted by Gasteiger charge is -2.20. The highest BCUT2D eigenvalue weighted by molar-refractivity contribution is 5.62. The molecule has 6 nitrogen and oxygen atoms in total. The molecule has 1 atom stereocenters. The zero-order chi connectivity index (χ0) is 22.3. The van der Waals surface area contributed by atoms with E-state index in [-0.39, 0.29) is 11.7 Å². The second-order valence-electron chi connectivity index (χ2n) is 6.93. The molecule has 0 aliphatic heterocycles. The van der Waals surface area contributed by atoms with Gasteiger partial charge in [0, 0.05) is 17.2 Å². The average Bonchev–Trinajstić information content (AvgIpc) is 3.31. The number of aromatic nitrogens is 2. The lowest BCUT2D eigenvalue weighted by Crippen LogP contribution is -2.15. The van der Waals surface area contributed by atoms with Crippen molar-refractivity contribution < 1.29 is 18.3 Å². The second-order valence-corrected chi connectivity index (χ2v) is 6.93. The molecule has 4 rings (SSSR count). The van der Waals surface area contributed by atoms with Crippen molar-refractivity contribution in [1.29, 1.82) is 0 Å². The van der Waals surface area contributed by atoms with Gasteiger partial charge >= 0.3 is 0 Å². The third-order valence-electron chi connectivity index (χ3n) is 4.79. The maximum absolute atomic E-state index is 14.8. The summed E-state index contributed by atoms with van der Waals surface area (Å²) in [5.74, 6) is 1.49. The highest BCUT2D eigenvalue weighted by atomic mass is 19.1.